The van der Waals surface area contributed by atoms with Gasteiger partial charge in [0.1, 0.15) is 11.1 Å². The SMILES string of the molecule is Cc1nn(C)cc1-c1ccc(Oc2nc3c(cnn3C(C)C)c(=O)n2C)cn1. The highest BCUT2D eigenvalue weighted by atomic mass is 16.5. The average molecular weight is 379 g/mol. The quantitative estimate of drug-likeness (QED) is 0.541. The first-order valence-electron chi connectivity index (χ1n) is 8.94. The largest absolute Gasteiger partial charge is 0.424 e. The lowest BCUT2D eigenvalue weighted by atomic mass is 10.2. The lowest BCUT2D eigenvalue weighted by Gasteiger charge is -2.11. The van der Waals surface area contributed by atoms with Gasteiger partial charge in [0.2, 0.25) is 0 Å². The standard InChI is InChI=1S/C19H21N7O2/c1-11(2)26-17-14(9-21-26)18(27)25(5)19(22-17)28-13-6-7-16(20-8-13)15-10-24(4)23-12(15)3/h6-11H,1-5H3. The van der Waals surface area contributed by atoms with Crippen LogP contribution >= 0.6 is 0 Å². The van der Waals surface area contributed by atoms with Gasteiger partial charge in [0.25, 0.3) is 5.56 Å². The zero-order valence-corrected chi connectivity index (χ0v) is 16.4. The molecule has 0 N–H and O–H groups in total. The first-order chi connectivity index (χ1) is 13.3. The van der Waals surface area contributed by atoms with Crippen LogP contribution in [0.4, 0.5) is 0 Å². The van der Waals surface area contributed by atoms with Crippen LogP contribution < -0.4 is 10.3 Å². The maximum absolute atomic E-state index is 12.6. The predicted molar refractivity (Wildman–Crippen MR) is 104 cm³/mol. The number of nitrogens with zero attached hydrogens (tertiary/aromatic N) is 7. The van der Waals surface area contributed by atoms with Crippen molar-refractivity contribution in [2.45, 2.75) is 26.8 Å². The smallest absolute Gasteiger partial charge is 0.306 e. The summed E-state index contributed by atoms with van der Waals surface area (Å²) in [7, 11) is 3.50. The summed E-state index contributed by atoms with van der Waals surface area (Å²) in [4.78, 5) is 21.6. The summed E-state index contributed by atoms with van der Waals surface area (Å²) in [5.41, 5.74) is 2.96. The van der Waals surface area contributed by atoms with Crippen LogP contribution in [-0.4, -0.2) is 34.1 Å². The number of fused-ring (bicyclic) bond motifs is 1. The van der Waals surface area contributed by atoms with Crippen LogP contribution in [0.5, 0.6) is 11.8 Å². The zero-order valence-electron chi connectivity index (χ0n) is 16.4. The Hall–Kier alpha value is -3.49. The maximum Gasteiger partial charge on any atom is 0.306 e. The van der Waals surface area contributed by atoms with Crippen molar-refractivity contribution in [3.63, 3.8) is 0 Å². The van der Waals surface area contributed by atoms with E-state index in [0.29, 0.717) is 16.8 Å². The van der Waals surface area contributed by atoms with Gasteiger partial charge >= 0.3 is 6.01 Å². The molecule has 4 aromatic rings. The molecule has 0 aliphatic rings. The molecule has 0 saturated carbocycles. The van der Waals surface area contributed by atoms with Crippen molar-refractivity contribution in [2.75, 3.05) is 0 Å². The Morgan fingerprint density at radius 3 is 2.54 bits per heavy atom. The van der Waals surface area contributed by atoms with E-state index in [0.717, 1.165) is 17.0 Å². The summed E-state index contributed by atoms with van der Waals surface area (Å²) in [6.45, 7) is 5.90. The van der Waals surface area contributed by atoms with Gasteiger partial charge in [-0.15, -0.1) is 0 Å². The summed E-state index contributed by atoms with van der Waals surface area (Å²) < 4.78 is 10.7. The van der Waals surface area contributed by atoms with Gasteiger partial charge in [-0.25, -0.2) is 4.68 Å². The minimum atomic E-state index is -0.206. The van der Waals surface area contributed by atoms with Crippen LogP contribution in [0.25, 0.3) is 22.3 Å². The van der Waals surface area contributed by atoms with Crippen molar-refractivity contribution >= 4 is 11.0 Å². The highest BCUT2D eigenvalue weighted by Crippen LogP contribution is 2.25. The second-order valence-corrected chi connectivity index (χ2v) is 6.96. The molecule has 9 heteroatoms. The van der Waals surface area contributed by atoms with E-state index < -0.39 is 0 Å². The molecular formula is C19H21N7O2. The average Bonchev–Trinajstić information content (AvgIpc) is 3.23. The van der Waals surface area contributed by atoms with Crippen LogP contribution in [0.15, 0.2) is 35.5 Å². The van der Waals surface area contributed by atoms with E-state index in [9.17, 15) is 4.79 Å². The van der Waals surface area contributed by atoms with Crippen LogP contribution in [0.2, 0.25) is 0 Å². The third-order valence-electron chi connectivity index (χ3n) is 4.52. The van der Waals surface area contributed by atoms with Gasteiger partial charge < -0.3 is 4.74 Å². The zero-order chi connectivity index (χ0) is 20.0. The van der Waals surface area contributed by atoms with Crippen molar-refractivity contribution in [3.8, 4) is 23.0 Å². The number of aryl methyl sites for hydroxylation is 2. The molecule has 0 radical (unpaired) electrons. The molecule has 0 saturated heterocycles. The number of pyridine rings is 1. The van der Waals surface area contributed by atoms with E-state index in [1.165, 1.54) is 4.57 Å². The van der Waals surface area contributed by atoms with E-state index in [2.05, 4.69) is 20.2 Å². The molecule has 0 aliphatic heterocycles. The fourth-order valence-corrected chi connectivity index (χ4v) is 3.08. The number of hydrogen-bond donors (Lipinski definition) is 0. The molecule has 0 atom stereocenters. The molecular weight excluding hydrogens is 358 g/mol. The van der Waals surface area contributed by atoms with E-state index in [1.807, 2.05) is 40.1 Å². The molecule has 4 heterocycles. The van der Waals surface area contributed by atoms with E-state index in [4.69, 9.17) is 4.74 Å². The third-order valence-corrected chi connectivity index (χ3v) is 4.52. The van der Waals surface area contributed by atoms with Crippen molar-refractivity contribution in [1.82, 2.24) is 34.1 Å². The van der Waals surface area contributed by atoms with Crippen molar-refractivity contribution < 1.29 is 4.74 Å². The molecule has 0 spiro atoms. The molecule has 0 amide bonds. The Bertz CT molecular complexity index is 1220. The van der Waals surface area contributed by atoms with Gasteiger partial charge in [-0.05, 0) is 32.9 Å². The van der Waals surface area contributed by atoms with E-state index >= 15 is 0 Å². The minimum absolute atomic E-state index is 0.0774. The number of ether oxygens (including phenoxy) is 1. The Kier molecular flexibility index (Phi) is 4.21. The lowest BCUT2D eigenvalue weighted by molar-refractivity contribution is 0.412. The molecule has 4 rings (SSSR count). The molecule has 0 bridgehead atoms. The van der Waals surface area contributed by atoms with Gasteiger partial charge in [-0.1, -0.05) is 0 Å². The first kappa shape index (κ1) is 17.9. The van der Waals surface area contributed by atoms with Gasteiger partial charge in [0, 0.05) is 31.9 Å². The number of hydrogen-bond acceptors (Lipinski definition) is 6. The first-order valence-corrected chi connectivity index (χ1v) is 8.94. The molecule has 0 aliphatic carbocycles. The highest BCUT2D eigenvalue weighted by molar-refractivity contribution is 5.73. The van der Waals surface area contributed by atoms with Gasteiger partial charge in [-0.3, -0.25) is 19.0 Å². The summed E-state index contributed by atoms with van der Waals surface area (Å²) in [5, 5.41) is 9.06. The second kappa shape index (κ2) is 6.59. The number of rotatable bonds is 4. The van der Waals surface area contributed by atoms with Crippen LogP contribution in [0, 0.1) is 6.92 Å². The Labute approximate surface area is 161 Å². The van der Waals surface area contributed by atoms with Gasteiger partial charge in [0.15, 0.2) is 5.65 Å². The minimum Gasteiger partial charge on any atom is -0.424 e. The van der Waals surface area contributed by atoms with Gasteiger partial charge in [-0.2, -0.15) is 15.2 Å². The molecule has 4 aromatic heterocycles. The Morgan fingerprint density at radius 2 is 1.93 bits per heavy atom. The fourth-order valence-electron chi connectivity index (χ4n) is 3.08. The van der Waals surface area contributed by atoms with Crippen LogP contribution in [-0.2, 0) is 14.1 Å². The summed E-state index contributed by atoms with van der Waals surface area (Å²) in [5.74, 6) is 0.489. The monoisotopic (exact) mass is 379 g/mol. The Balaban J connectivity index is 1.70. The summed E-state index contributed by atoms with van der Waals surface area (Å²) >= 11 is 0. The topological polar surface area (TPSA) is 92.6 Å². The van der Waals surface area contributed by atoms with Crippen molar-refractivity contribution in [1.29, 1.82) is 0 Å². The summed E-state index contributed by atoms with van der Waals surface area (Å²) in [6.07, 6.45) is 5.07. The van der Waals surface area contributed by atoms with Gasteiger partial charge in [0.05, 0.1) is 23.8 Å². The molecule has 9 nitrogen and oxygen atoms in total. The normalized spacial score (nSPS) is 11.5. The molecule has 0 aromatic carbocycles. The fraction of sp³-hybridized carbons (Fsp3) is 0.316. The summed E-state index contributed by atoms with van der Waals surface area (Å²) in [6, 6.07) is 3.92. The molecule has 144 valence electrons. The highest BCUT2D eigenvalue weighted by Gasteiger charge is 2.16. The lowest BCUT2D eigenvalue weighted by Crippen LogP contribution is -2.20. The van der Waals surface area contributed by atoms with E-state index in [-0.39, 0.29) is 17.6 Å². The van der Waals surface area contributed by atoms with Crippen molar-refractivity contribution in [2.24, 2.45) is 14.1 Å². The Morgan fingerprint density at radius 1 is 1.14 bits per heavy atom. The molecule has 0 unspecified atom stereocenters. The third kappa shape index (κ3) is 2.94. The maximum atomic E-state index is 12.6. The van der Waals surface area contributed by atoms with Crippen LogP contribution in [0.3, 0.4) is 0 Å². The van der Waals surface area contributed by atoms with E-state index in [1.54, 1.807) is 34.9 Å². The second-order valence-electron chi connectivity index (χ2n) is 6.96. The molecule has 0 fully saturated rings. The van der Waals surface area contributed by atoms with Crippen LogP contribution in [0.1, 0.15) is 25.6 Å². The predicted octanol–water partition coefficient (Wildman–Crippen LogP) is 2.61. The van der Waals surface area contributed by atoms with Crippen molar-refractivity contribution in [3.05, 3.63) is 46.8 Å². The molecule has 28 heavy (non-hydrogen) atoms. The number of aromatic nitrogens is 7.